The van der Waals surface area contributed by atoms with E-state index in [1.54, 1.807) is 18.4 Å². The summed E-state index contributed by atoms with van der Waals surface area (Å²) >= 11 is 6.36. The van der Waals surface area contributed by atoms with Crippen molar-refractivity contribution >= 4 is 23.4 Å². The van der Waals surface area contributed by atoms with E-state index < -0.39 is 0 Å². The largest absolute Gasteiger partial charge is 0.459 e. The highest BCUT2D eigenvalue weighted by Crippen LogP contribution is 2.33. The van der Waals surface area contributed by atoms with Crippen LogP contribution in [0.4, 0.5) is 5.88 Å². The second-order valence-electron chi connectivity index (χ2n) is 8.65. The van der Waals surface area contributed by atoms with Gasteiger partial charge in [0, 0.05) is 36.6 Å². The van der Waals surface area contributed by atoms with Crippen molar-refractivity contribution in [3.63, 3.8) is 0 Å². The number of carbonyl (C=O) groups is 1. The van der Waals surface area contributed by atoms with E-state index in [0.717, 1.165) is 49.2 Å². The second-order valence-corrected chi connectivity index (χ2v) is 9.05. The molecule has 2 fully saturated rings. The molecule has 2 aliphatic heterocycles. The second kappa shape index (κ2) is 9.32. The number of hydrogen-bond acceptors (Lipinski definition) is 6. The Morgan fingerprint density at radius 3 is 2.70 bits per heavy atom. The molecule has 3 aromatic rings. The van der Waals surface area contributed by atoms with Crippen LogP contribution < -0.4 is 4.90 Å². The number of nitriles is 1. The molecule has 170 valence electrons. The van der Waals surface area contributed by atoms with Gasteiger partial charge in [-0.25, -0.2) is 0 Å². The van der Waals surface area contributed by atoms with Crippen LogP contribution in [0.1, 0.15) is 36.9 Å². The van der Waals surface area contributed by atoms with Gasteiger partial charge in [0.1, 0.15) is 6.07 Å². The Hall–Kier alpha value is -3.24. The fourth-order valence-corrected chi connectivity index (χ4v) is 5.14. The third kappa shape index (κ3) is 4.36. The first-order chi connectivity index (χ1) is 16.1. The first-order valence-electron chi connectivity index (χ1n) is 11.4. The summed E-state index contributed by atoms with van der Waals surface area (Å²) in [5.74, 6) is 1.45. The van der Waals surface area contributed by atoms with Crippen LogP contribution >= 0.6 is 11.6 Å². The molecule has 33 heavy (non-hydrogen) atoms. The van der Waals surface area contributed by atoms with Crippen molar-refractivity contribution in [3.8, 4) is 17.7 Å². The Morgan fingerprint density at radius 1 is 1.15 bits per heavy atom. The normalized spacial score (nSPS) is 19.1. The molecule has 0 radical (unpaired) electrons. The number of hydrogen-bond donors (Lipinski definition) is 0. The van der Waals surface area contributed by atoms with Gasteiger partial charge in [0.25, 0.3) is 5.89 Å². The topological polar surface area (TPSA) is 86.5 Å². The van der Waals surface area contributed by atoms with Crippen molar-refractivity contribution in [3.05, 3.63) is 58.9 Å². The smallest absolute Gasteiger partial charge is 0.266 e. The zero-order chi connectivity index (χ0) is 22.8. The van der Waals surface area contributed by atoms with Crippen molar-refractivity contribution in [1.82, 2.24) is 9.88 Å². The summed E-state index contributed by atoms with van der Waals surface area (Å²) in [7, 11) is 0. The molecule has 1 atom stereocenters. The van der Waals surface area contributed by atoms with Gasteiger partial charge in [-0.15, -0.1) is 0 Å². The van der Waals surface area contributed by atoms with E-state index in [9.17, 15) is 10.1 Å². The predicted molar refractivity (Wildman–Crippen MR) is 124 cm³/mol. The Kier molecular flexibility index (Phi) is 6.10. The first-order valence-corrected chi connectivity index (χ1v) is 11.8. The molecule has 0 N–H and O–H groups in total. The van der Waals surface area contributed by atoms with E-state index >= 15 is 0 Å². The number of likely N-dealkylation sites (tertiary alicyclic amines) is 1. The minimum absolute atomic E-state index is 0.0221. The minimum Gasteiger partial charge on any atom is -0.459 e. The van der Waals surface area contributed by atoms with Crippen molar-refractivity contribution in [2.45, 2.75) is 38.1 Å². The Labute approximate surface area is 197 Å². The molecule has 0 bridgehead atoms. The number of aromatic nitrogens is 1. The number of anilines is 1. The maximum absolute atomic E-state index is 13.4. The molecule has 1 aromatic carbocycles. The Morgan fingerprint density at radius 2 is 1.97 bits per heavy atom. The number of furan rings is 1. The Bertz CT molecular complexity index is 1160. The van der Waals surface area contributed by atoms with Crippen molar-refractivity contribution < 1.29 is 13.6 Å². The predicted octanol–water partition coefficient (Wildman–Crippen LogP) is 4.91. The zero-order valence-corrected chi connectivity index (χ0v) is 19.0. The number of benzene rings is 1. The standard InChI is InChI=1S/C25H25ClN4O3/c26-20-7-2-1-5-18(20)15-19-6-3-11-30(19)24(31)17-9-12-29(13-10-17)25-21(16-27)28-23(33-25)22-8-4-14-32-22/h1-2,4-5,7-8,14,17,19H,3,6,9-13,15H2. The van der Waals surface area contributed by atoms with Gasteiger partial charge in [0.2, 0.25) is 17.5 Å². The summed E-state index contributed by atoms with van der Waals surface area (Å²) < 4.78 is 11.2. The summed E-state index contributed by atoms with van der Waals surface area (Å²) in [4.78, 5) is 21.7. The van der Waals surface area contributed by atoms with E-state index in [2.05, 4.69) is 16.0 Å². The minimum atomic E-state index is -0.0221. The van der Waals surface area contributed by atoms with Gasteiger partial charge in [-0.05, 0) is 55.9 Å². The average molecular weight is 465 g/mol. The number of piperidine rings is 1. The molecule has 1 amide bonds. The van der Waals surface area contributed by atoms with E-state index in [-0.39, 0.29) is 23.6 Å². The van der Waals surface area contributed by atoms with Gasteiger partial charge in [-0.1, -0.05) is 29.8 Å². The Balaban J connectivity index is 1.23. The highest BCUT2D eigenvalue weighted by molar-refractivity contribution is 6.31. The molecule has 1 unspecified atom stereocenters. The molecule has 7 nitrogen and oxygen atoms in total. The SMILES string of the molecule is N#Cc1nc(-c2ccco2)oc1N1CCC(C(=O)N2CCCC2Cc2ccccc2Cl)CC1. The third-order valence-electron chi connectivity index (χ3n) is 6.65. The van der Waals surface area contributed by atoms with Gasteiger partial charge < -0.3 is 18.6 Å². The number of halogens is 1. The first kappa shape index (κ1) is 21.6. The summed E-state index contributed by atoms with van der Waals surface area (Å²) in [6.07, 6.45) is 5.81. The van der Waals surface area contributed by atoms with E-state index in [0.29, 0.717) is 30.6 Å². The lowest BCUT2D eigenvalue weighted by Crippen LogP contribution is -2.45. The van der Waals surface area contributed by atoms with Crippen LogP contribution in [0.15, 0.2) is 51.5 Å². The van der Waals surface area contributed by atoms with E-state index in [4.69, 9.17) is 20.4 Å². The summed E-state index contributed by atoms with van der Waals surface area (Å²) in [5, 5.41) is 10.3. The maximum atomic E-state index is 13.4. The summed E-state index contributed by atoms with van der Waals surface area (Å²) in [6.45, 7) is 2.09. The molecule has 2 aliphatic rings. The van der Waals surface area contributed by atoms with Crippen LogP contribution in [-0.2, 0) is 11.2 Å². The quantitative estimate of drug-likeness (QED) is 0.533. The molecular formula is C25H25ClN4O3. The molecule has 0 aliphatic carbocycles. The van der Waals surface area contributed by atoms with Crippen LogP contribution in [0.2, 0.25) is 5.02 Å². The van der Waals surface area contributed by atoms with Crippen LogP contribution in [0.3, 0.4) is 0 Å². The third-order valence-corrected chi connectivity index (χ3v) is 7.02. The number of amides is 1. The highest BCUT2D eigenvalue weighted by Gasteiger charge is 2.36. The summed E-state index contributed by atoms with van der Waals surface area (Å²) in [5.41, 5.74) is 1.34. The molecular weight excluding hydrogens is 440 g/mol. The lowest BCUT2D eigenvalue weighted by Gasteiger charge is -2.35. The molecule has 8 heteroatoms. The lowest BCUT2D eigenvalue weighted by molar-refractivity contribution is -0.137. The van der Waals surface area contributed by atoms with Crippen molar-refractivity contribution in [2.75, 3.05) is 24.5 Å². The molecule has 2 aromatic heterocycles. The average Bonchev–Trinajstić information content (AvgIpc) is 3.60. The summed E-state index contributed by atoms with van der Waals surface area (Å²) in [6, 6.07) is 13.7. The lowest BCUT2D eigenvalue weighted by atomic mass is 9.94. The fourth-order valence-electron chi connectivity index (χ4n) is 4.92. The van der Waals surface area contributed by atoms with Gasteiger partial charge in [-0.3, -0.25) is 4.79 Å². The van der Waals surface area contributed by atoms with Gasteiger partial charge in [-0.2, -0.15) is 10.2 Å². The van der Waals surface area contributed by atoms with Crippen LogP contribution in [0, 0.1) is 17.2 Å². The van der Waals surface area contributed by atoms with E-state index in [1.165, 1.54) is 0 Å². The molecule has 2 saturated heterocycles. The van der Waals surface area contributed by atoms with Gasteiger partial charge in [0.05, 0.1) is 6.26 Å². The van der Waals surface area contributed by atoms with Gasteiger partial charge in [0.15, 0.2) is 5.76 Å². The maximum Gasteiger partial charge on any atom is 0.266 e. The number of rotatable bonds is 5. The van der Waals surface area contributed by atoms with E-state index in [1.807, 2.05) is 29.2 Å². The zero-order valence-electron chi connectivity index (χ0n) is 18.2. The molecule has 0 saturated carbocycles. The highest BCUT2D eigenvalue weighted by atomic mass is 35.5. The molecule has 4 heterocycles. The monoisotopic (exact) mass is 464 g/mol. The van der Waals surface area contributed by atoms with Crippen LogP contribution in [0.25, 0.3) is 11.7 Å². The van der Waals surface area contributed by atoms with Crippen molar-refractivity contribution in [1.29, 1.82) is 5.26 Å². The van der Waals surface area contributed by atoms with Gasteiger partial charge >= 0.3 is 0 Å². The number of oxazole rings is 1. The number of carbonyl (C=O) groups excluding carboxylic acids is 1. The fraction of sp³-hybridized carbons (Fsp3) is 0.400. The van der Waals surface area contributed by atoms with Crippen molar-refractivity contribution in [2.24, 2.45) is 5.92 Å². The molecule has 0 spiro atoms. The van der Waals surface area contributed by atoms with Crippen LogP contribution in [0.5, 0.6) is 0 Å². The molecule has 5 rings (SSSR count). The van der Waals surface area contributed by atoms with Crippen LogP contribution in [-0.4, -0.2) is 41.5 Å². The number of nitrogens with zero attached hydrogens (tertiary/aromatic N) is 4.